The molecule has 0 radical (unpaired) electrons. The molecule has 0 aliphatic carbocycles. The molecule has 3 rings (SSSR count). The topological polar surface area (TPSA) is 54.5 Å². The molecule has 7 heteroatoms. The van der Waals surface area contributed by atoms with Gasteiger partial charge in [0.2, 0.25) is 0 Å². The summed E-state index contributed by atoms with van der Waals surface area (Å²) >= 11 is 7.12. The maximum Gasteiger partial charge on any atom is 0.325 e. The molecule has 21 heavy (non-hydrogen) atoms. The molecule has 1 aliphatic rings. The second kappa shape index (κ2) is 5.05. The molecule has 1 amide bonds. The second-order valence-electron chi connectivity index (χ2n) is 4.56. The van der Waals surface area contributed by atoms with Crippen molar-refractivity contribution in [1.29, 1.82) is 0 Å². The second-order valence-corrected chi connectivity index (χ2v) is 7.98. The Balaban J connectivity index is 2.22. The molecule has 0 saturated heterocycles. The fourth-order valence-electron chi connectivity index (χ4n) is 2.16. The van der Waals surface area contributed by atoms with Gasteiger partial charge in [-0.2, -0.15) is 0 Å². The van der Waals surface area contributed by atoms with Crippen LogP contribution in [0.4, 0.5) is 16.2 Å². The quantitative estimate of drug-likeness (QED) is 0.581. The minimum atomic E-state index is -3.30. The lowest BCUT2D eigenvalue weighted by Crippen LogP contribution is -2.23. The van der Waals surface area contributed by atoms with Crippen LogP contribution in [0.5, 0.6) is 0 Å². The van der Waals surface area contributed by atoms with E-state index in [0.717, 1.165) is 11.2 Å². The highest BCUT2D eigenvalue weighted by Gasteiger charge is 2.28. The Kier molecular flexibility index (Phi) is 3.47. The summed E-state index contributed by atoms with van der Waals surface area (Å²) in [6, 6.07) is 12.0. The molecule has 0 fully saturated rings. The summed E-state index contributed by atoms with van der Waals surface area (Å²) in [5, 5.41) is -0.629. The van der Waals surface area contributed by atoms with Gasteiger partial charge in [0.15, 0.2) is 9.84 Å². The highest BCUT2D eigenvalue weighted by Crippen LogP contribution is 2.49. The first-order valence-corrected chi connectivity index (χ1v) is 9.07. The molecule has 0 spiro atoms. The molecule has 0 atom stereocenters. The molecule has 0 saturated carbocycles. The first-order valence-electron chi connectivity index (χ1n) is 5.98. The summed E-state index contributed by atoms with van der Waals surface area (Å²) in [5.74, 6) is 0. The van der Waals surface area contributed by atoms with E-state index in [2.05, 4.69) is 0 Å². The van der Waals surface area contributed by atoms with Gasteiger partial charge in [0.1, 0.15) is 0 Å². The van der Waals surface area contributed by atoms with Crippen LogP contribution >= 0.6 is 23.4 Å². The predicted octanol–water partition coefficient (Wildman–Crippen LogP) is 4.05. The summed E-state index contributed by atoms with van der Waals surface area (Å²) in [6.45, 7) is 0. The molecule has 2 aromatic carbocycles. The molecule has 0 aromatic heterocycles. The van der Waals surface area contributed by atoms with E-state index in [1.54, 1.807) is 18.2 Å². The number of anilines is 2. The van der Waals surface area contributed by atoms with Gasteiger partial charge in [-0.15, -0.1) is 0 Å². The van der Waals surface area contributed by atoms with E-state index >= 15 is 0 Å². The lowest BCUT2D eigenvalue weighted by molar-refractivity contribution is 0.266. The van der Waals surface area contributed by atoms with Gasteiger partial charge in [-0.25, -0.2) is 8.42 Å². The first kappa shape index (κ1) is 14.4. The van der Waals surface area contributed by atoms with Gasteiger partial charge >= 0.3 is 5.37 Å². The van der Waals surface area contributed by atoms with Crippen molar-refractivity contribution >= 4 is 49.9 Å². The van der Waals surface area contributed by atoms with Gasteiger partial charge in [-0.1, -0.05) is 23.9 Å². The average Bonchev–Trinajstić information content (AvgIpc) is 2.42. The van der Waals surface area contributed by atoms with Crippen LogP contribution in [-0.4, -0.2) is 20.0 Å². The van der Waals surface area contributed by atoms with Crippen LogP contribution in [0.2, 0.25) is 0 Å². The number of hydrogen-bond donors (Lipinski definition) is 0. The first-order chi connectivity index (χ1) is 9.88. The minimum absolute atomic E-state index is 0.218. The molecule has 108 valence electrons. The van der Waals surface area contributed by atoms with Crippen molar-refractivity contribution in [3.05, 3.63) is 42.5 Å². The fraction of sp³-hybridized carbons (Fsp3) is 0.0714. The molecule has 1 heterocycles. The zero-order valence-electron chi connectivity index (χ0n) is 10.9. The minimum Gasteiger partial charge on any atom is -0.265 e. The van der Waals surface area contributed by atoms with E-state index in [1.165, 1.54) is 22.7 Å². The van der Waals surface area contributed by atoms with Crippen LogP contribution < -0.4 is 4.90 Å². The molecule has 4 nitrogen and oxygen atoms in total. The van der Waals surface area contributed by atoms with E-state index in [-0.39, 0.29) is 4.90 Å². The number of halogens is 1. The normalized spacial score (nSPS) is 13.5. The molecule has 2 aromatic rings. The Morgan fingerprint density at radius 3 is 2.43 bits per heavy atom. The number of carbonyl (C=O) groups excluding carboxylic acids is 1. The van der Waals surface area contributed by atoms with E-state index in [4.69, 9.17) is 11.6 Å². The number of benzene rings is 2. The molecule has 0 N–H and O–H groups in total. The summed E-state index contributed by atoms with van der Waals surface area (Å²) < 4.78 is 23.3. The number of para-hydroxylation sites is 1. The van der Waals surface area contributed by atoms with E-state index < -0.39 is 15.2 Å². The van der Waals surface area contributed by atoms with Crippen LogP contribution in [0, 0.1) is 0 Å². The monoisotopic (exact) mass is 339 g/mol. The SMILES string of the molecule is CS(=O)(=O)c1ccc2c(c1)Sc1ccccc1N2C(=O)Cl. The lowest BCUT2D eigenvalue weighted by atomic mass is 10.2. The number of carbonyl (C=O) groups is 1. The maximum absolute atomic E-state index is 11.8. The van der Waals surface area contributed by atoms with Crippen LogP contribution in [0.1, 0.15) is 0 Å². The van der Waals surface area contributed by atoms with Gasteiger partial charge in [0.25, 0.3) is 0 Å². The summed E-state index contributed by atoms with van der Waals surface area (Å²) in [4.78, 5) is 14.9. The Hall–Kier alpha value is -1.50. The van der Waals surface area contributed by atoms with Crippen molar-refractivity contribution in [1.82, 2.24) is 0 Å². The molecular weight excluding hydrogens is 330 g/mol. The maximum atomic E-state index is 11.8. The van der Waals surface area contributed by atoms with Gasteiger partial charge in [-0.3, -0.25) is 9.69 Å². The van der Waals surface area contributed by atoms with Crippen LogP contribution in [0.25, 0.3) is 0 Å². The largest absolute Gasteiger partial charge is 0.325 e. The Bertz CT molecular complexity index is 849. The van der Waals surface area contributed by atoms with Gasteiger partial charge < -0.3 is 0 Å². The van der Waals surface area contributed by atoms with Gasteiger partial charge in [0, 0.05) is 16.0 Å². The predicted molar refractivity (Wildman–Crippen MR) is 83.5 cm³/mol. The Morgan fingerprint density at radius 2 is 1.76 bits per heavy atom. The third-order valence-electron chi connectivity index (χ3n) is 3.10. The number of sulfone groups is 1. The molecule has 1 aliphatic heterocycles. The third-order valence-corrected chi connectivity index (χ3v) is 5.49. The Morgan fingerprint density at radius 1 is 1.10 bits per heavy atom. The number of hydrogen-bond acceptors (Lipinski definition) is 4. The summed E-state index contributed by atoms with van der Waals surface area (Å²) in [7, 11) is -3.30. The van der Waals surface area contributed by atoms with Crippen LogP contribution in [0.3, 0.4) is 0 Å². The standard InChI is InChI=1S/C14H10ClNO3S2/c1-21(18,19)9-6-7-11-13(8-9)20-12-5-3-2-4-10(12)16(11)14(15)17/h2-8H,1H3. The number of amides is 1. The average molecular weight is 340 g/mol. The van der Waals surface area contributed by atoms with Gasteiger partial charge in [-0.05, 0) is 41.9 Å². The third kappa shape index (κ3) is 2.54. The van der Waals surface area contributed by atoms with Crippen molar-refractivity contribution in [2.24, 2.45) is 0 Å². The zero-order chi connectivity index (χ0) is 15.2. The molecule has 0 bridgehead atoms. The van der Waals surface area contributed by atoms with Crippen molar-refractivity contribution in [3.8, 4) is 0 Å². The van der Waals surface area contributed by atoms with Crippen molar-refractivity contribution in [3.63, 3.8) is 0 Å². The van der Waals surface area contributed by atoms with Gasteiger partial charge in [0.05, 0.1) is 16.3 Å². The van der Waals surface area contributed by atoms with E-state index in [0.29, 0.717) is 16.3 Å². The summed E-state index contributed by atoms with van der Waals surface area (Å²) in [6.07, 6.45) is 1.15. The number of rotatable bonds is 1. The fourth-order valence-corrected chi connectivity index (χ4v) is 4.16. The Labute approximate surface area is 131 Å². The molecular formula is C14H10ClNO3S2. The smallest absolute Gasteiger partial charge is 0.265 e. The van der Waals surface area contributed by atoms with E-state index in [1.807, 2.05) is 18.2 Å². The lowest BCUT2D eigenvalue weighted by Gasteiger charge is -2.29. The van der Waals surface area contributed by atoms with Crippen molar-refractivity contribution in [2.75, 3.05) is 11.2 Å². The zero-order valence-corrected chi connectivity index (χ0v) is 13.3. The van der Waals surface area contributed by atoms with Crippen LogP contribution in [0.15, 0.2) is 57.2 Å². The number of nitrogens with zero attached hydrogens (tertiary/aromatic N) is 1. The van der Waals surface area contributed by atoms with Crippen molar-refractivity contribution < 1.29 is 13.2 Å². The highest BCUT2D eigenvalue weighted by atomic mass is 35.5. The highest BCUT2D eigenvalue weighted by molar-refractivity contribution is 7.99. The summed E-state index contributed by atoms with van der Waals surface area (Å²) in [5.41, 5.74) is 1.29. The number of fused-ring (bicyclic) bond motifs is 2. The van der Waals surface area contributed by atoms with Crippen LogP contribution in [-0.2, 0) is 9.84 Å². The van der Waals surface area contributed by atoms with Crippen molar-refractivity contribution in [2.45, 2.75) is 14.7 Å². The molecule has 0 unspecified atom stereocenters. The van der Waals surface area contributed by atoms with E-state index in [9.17, 15) is 13.2 Å².